The highest BCUT2D eigenvalue weighted by atomic mass is 32.1. The van der Waals surface area contributed by atoms with E-state index in [4.69, 9.17) is 5.73 Å². The number of nitrogens with two attached hydrogens (primary N) is 1. The minimum atomic E-state index is -1.29. The van der Waals surface area contributed by atoms with Crippen LogP contribution in [0.4, 0.5) is 10.9 Å². The van der Waals surface area contributed by atoms with Crippen LogP contribution in [0.3, 0.4) is 0 Å². The Bertz CT molecular complexity index is 2420. The molecule has 4 aromatic rings. The number of nitrogens with zero attached hydrogens (tertiary/aromatic N) is 7. The smallest absolute Gasteiger partial charge is 0.259 e. The van der Waals surface area contributed by atoms with Gasteiger partial charge in [0.1, 0.15) is 34.1 Å². The van der Waals surface area contributed by atoms with Crippen LogP contribution in [-0.2, 0) is 35.4 Å². The number of piperidine rings is 1. The normalized spacial score (nSPS) is 19.4. The van der Waals surface area contributed by atoms with Crippen LogP contribution < -0.4 is 26.8 Å². The van der Waals surface area contributed by atoms with Gasteiger partial charge in [-0.05, 0) is 37.1 Å². The lowest BCUT2D eigenvalue weighted by Gasteiger charge is -2.34. The highest BCUT2D eigenvalue weighted by Gasteiger charge is 2.43. The van der Waals surface area contributed by atoms with Gasteiger partial charge in [-0.15, -0.1) is 22.7 Å². The maximum absolute atomic E-state index is 12.9. The molecule has 16 nitrogen and oxygen atoms in total. The van der Waals surface area contributed by atoms with Crippen molar-refractivity contribution in [3.05, 3.63) is 91.6 Å². The molecular formula is C40H48N10O6S2. The van der Waals surface area contributed by atoms with E-state index in [-0.39, 0.29) is 52.3 Å². The Kier molecular flexibility index (Phi) is 11.5. The average molecular weight is 829 g/mol. The molecule has 7 rings (SSSR count). The van der Waals surface area contributed by atoms with Crippen LogP contribution in [0, 0.1) is 5.92 Å². The van der Waals surface area contributed by atoms with Gasteiger partial charge in [-0.3, -0.25) is 43.4 Å². The van der Waals surface area contributed by atoms with Crippen LogP contribution in [0.2, 0.25) is 0 Å². The number of thiazole rings is 2. The third kappa shape index (κ3) is 8.72. The third-order valence-electron chi connectivity index (χ3n) is 9.94. The van der Waals surface area contributed by atoms with E-state index in [9.17, 15) is 28.8 Å². The fraction of sp³-hybridized carbons (Fsp3) is 0.425. The topological polar surface area (TPSA) is 205 Å². The van der Waals surface area contributed by atoms with Gasteiger partial charge in [0.25, 0.3) is 11.5 Å². The molecule has 3 aliphatic rings. The molecule has 2 fully saturated rings. The molecule has 0 aliphatic carbocycles. The van der Waals surface area contributed by atoms with Crippen LogP contribution in [0.15, 0.2) is 64.1 Å². The second kappa shape index (κ2) is 15.9. The van der Waals surface area contributed by atoms with Gasteiger partial charge in [0.15, 0.2) is 5.13 Å². The van der Waals surface area contributed by atoms with Gasteiger partial charge in [0, 0.05) is 72.8 Å². The number of pyridine rings is 1. The van der Waals surface area contributed by atoms with Crippen molar-refractivity contribution in [1.82, 2.24) is 34.5 Å². The zero-order valence-corrected chi connectivity index (χ0v) is 35.4. The van der Waals surface area contributed by atoms with Crippen molar-refractivity contribution in [2.75, 3.05) is 37.4 Å². The van der Waals surface area contributed by atoms with E-state index in [0.717, 1.165) is 30.8 Å². The second-order valence-corrected chi connectivity index (χ2v) is 18.4. The van der Waals surface area contributed by atoms with Crippen LogP contribution >= 0.6 is 22.7 Å². The SMILES string of the molecule is CC(C)(C)c1csc(C2(C(N)=O)C=CN3C(=O)CC(=O)NC3=C2)n1.CN(C)C(=O)C1CCCN(c2cc(=O)n3ccc(C(=O)Nc4nc(C(C)(C)C)cs4)cc3n2)C1. The number of hydrogen-bond acceptors (Lipinski definition) is 12. The third-order valence-corrected chi connectivity index (χ3v) is 11.7. The minimum absolute atomic E-state index is 0.0815. The fourth-order valence-electron chi connectivity index (χ4n) is 6.52. The molecule has 0 bridgehead atoms. The zero-order chi connectivity index (χ0) is 42.3. The van der Waals surface area contributed by atoms with Gasteiger partial charge in [0.05, 0.1) is 17.3 Å². The summed E-state index contributed by atoms with van der Waals surface area (Å²) in [5, 5.41) is 10.3. The molecule has 58 heavy (non-hydrogen) atoms. The number of rotatable bonds is 6. The predicted octanol–water partition coefficient (Wildman–Crippen LogP) is 3.89. The summed E-state index contributed by atoms with van der Waals surface area (Å²) in [6.07, 6.45) is 7.52. The van der Waals surface area contributed by atoms with Crippen molar-refractivity contribution in [3.63, 3.8) is 0 Å². The Balaban J connectivity index is 0.000000208. The number of carbonyl (C=O) groups excluding carboxylic acids is 5. The van der Waals surface area contributed by atoms with E-state index in [0.29, 0.717) is 33.7 Å². The summed E-state index contributed by atoms with van der Waals surface area (Å²) in [6.45, 7) is 13.5. The molecule has 306 valence electrons. The van der Waals surface area contributed by atoms with Gasteiger partial charge in [-0.2, -0.15) is 0 Å². The highest BCUT2D eigenvalue weighted by molar-refractivity contribution is 7.14. The Hall–Kier alpha value is -5.75. The summed E-state index contributed by atoms with van der Waals surface area (Å²) in [7, 11) is 3.51. The zero-order valence-electron chi connectivity index (χ0n) is 33.8. The molecule has 0 radical (unpaired) electrons. The molecular weight excluding hydrogens is 781 g/mol. The number of anilines is 2. The van der Waals surface area contributed by atoms with Gasteiger partial charge in [-0.25, -0.2) is 15.0 Å². The van der Waals surface area contributed by atoms with E-state index in [2.05, 4.69) is 46.4 Å². The first-order chi connectivity index (χ1) is 27.2. The monoisotopic (exact) mass is 828 g/mol. The second-order valence-electron chi connectivity index (χ2n) is 16.7. The standard InChI is InChI=1S/C24H30N6O3S.C16H18N4O3S/c1-24(2,3)17-14-34-23(25-17)27-21(32)15-8-10-30-19(11-15)26-18(12-20(30)31)29-9-6-7-16(13-29)22(33)28(4)5;1-15(2,3)9-8-24-14(18-9)16(13(17)23)4-5-20-10(7-16)19-11(21)6-12(20)22/h8,10-12,14,16H,6-7,9,13H2,1-5H3,(H,25,27,32);4-5,7-8H,6H2,1-3H3,(H2,17,23)(H,19,21). The van der Waals surface area contributed by atoms with Crippen molar-refractivity contribution in [3.8, 4) is 0 Å². The number of hydrogen-bond donors (Lipinski definition) is 3. The average Bonchev–Trinajstić information content (AvgIpc) is 3.86. The van der Waals surface area contributed by atoms with Crippen molar-refractivity contribution >= 4 is 68.8 Å². The molecule has 0 spiro atoms. The summed E-state index contributed by atoms with van der Waals surface area (Å²) in [5.74, 6) is -0.979. The van der Waals surface area contributed by atoms with Gasteiger partial charge < -0.3 is 20.9 Å². The minimum Gasteiger partial charge on any atom is -0.368 e. The largest absolute Gasteiger partial charge is 0.368 e. The van der Waals surface area contributed by atoms with E-state index >= 15 is 0 Å². The van der Waals surface area contributed by atoms with Crippen molar-refractivity contribution in [2.24, 2.45) is 11.7 Å². The number of fused-ring (bicyclic) bond motifs is 2. The van der Waals surface area contributed by atoms with E-state index in [1.165, 1.54) is 50.3 Å². The number of nitrogens with one attached hydrogen (secondary N) is 2. The lowest BCUT2D eigenvalue weighted by Crippen LogP contribution is -2.49. The summed E-state index contributed by atoms with van der Waals surface area (Å²) in [5.41, 5.74) is 6.40. The van der Waals surface area contributed by atoms with Crippen molar-refractivity contribution < 1.29 is 24.0 Å². The summed E-state index contributed by atoms with van der Waals surface area (Å²) in [4.78, 5) is 92.5. The molecule has 5 amide bonds. The number of carbonyl (C=O) groups is 5. The number of amides is 5. The Morgan fingerprint density at radius 3 is 2.31 bits per heavy atom. The van der Waals surface area contributed by atoms with Gasteiger partial charge in [0.2, 0.25) is 23.6 Å². The van der Waals surface area contributed by atoms with Gasteiger partial charge in [-0.1, -0.05) is 41.5 Å². The summed E-state index contributed by atoms with van der Waals surface area (Å²) < 4.78 is 1.41. The molecule has 3 aliphatic heterocycles. The van der Waals surface area contributed by atoms with Crippen LogP contribution in [-0.4, -0.2) is 85.9 Å². The van der Waals surface area contributed by atoms with Crippen molar-refractivity contribution in [2.45, 2.75) is 77.0 Å². The van der Waals surface area contributed by atoms with E-state index in [1.54, 1.807) is 43.4 Å². The molecule has 0 aromatic carbocycles. The van der Waals surface area contributed by atoms with Crippen LogP contribution in [0.1, 0.15) is 87.6 Å². The predicted molar refractivity (Wildman–Crippen MR) is 222 cm³/mol. The van der Waals surface area contributed by atoms with Crippen molar-refractivity contribution in [1.29, 1.82) is 0 Å². The lowest BCUT2D eigenvalue weighted by atomic mass is 9.85. The highest BCUT2D eigenvalue weighted by Crippen LogP contribution is 2.37. The fourth-order valence-corrected chi connectivity index (χ4v) is 8.65. The van der Waals surface area contributed by atoms with Crippen LogP contribution in [0.5, 0.6) is 0 Å². The quantitative estimate of drug-likeness (QED) is 0.239. The maximum atomic E-state index is 12.9. The summed E-state index contributed by atoms with van der Waals surface area (Å²) >= 11 is 2.71. The lowest BCUT2D eigenvalue weighted by molar-refractivity contribution is -0.137. The van der Waals surface area contributed by atoms with Gasteiger partial charge >= 0.3 is 0 Å². The molecule has 7 heterocycles. The molecule has 0 saturated carbocycles. The number of aromatic nitrogens is 4. The van der Waals surface area contributed by atoms with E-state index in [1.807, 2.05) is 36.4 Å². The van der Waals surface area contributed by atoms with E-state index < -0.39 is 17.2 Å². The Morgan fingerprint density at radius 1 is 0.983 bits per heavy atom. The summed E-state index contributed by atoms with van der Waals surface area (Å²) in [6, 6.07) is 4.68. The first-order valence-electron chi connectivity index (χ1n) is 18.7. The Labute approximate surface area is 343 Å². The molecule has 4 N–H and O–H groups in total. The molecule has 2 atom stereocenters. The molecule has 4 aromatic heterocycles. The number of primary amides is 1. The Morgan fingerprint density at radius 2 is 1.67 bits per heavy atom. The first kappa shape index (κ1) is 41.9. The molecule has 2 unspecified atom stereocenters. The molecule has 18 heteroatoms. The first-order valence-corrected chi connectivity index (χ1v) is 20.5. The molecule has 2 saturated heterocycles. The maximum Gasteiger partial charge on any atom is 0.259 e. The van der Waals surface area contributed by atoms with Crippen LogP contribution in [0.25, 0.3) is 5.65 Å².